The molecule has 0 radical (unpaired) electrons. The molecule has 0 bridgehead atoms. The molecular weight excluding hydrogens is 288 g/mol. The van der Waals surface area contributed by atoms with Gasteiger partial charge in [0.2, 0.25) is 0 Å². The molecule has 108 valence electrons. The minimum absolute atomic E-state index is 0.341. The predicted octanol–water partition coefficient (Wildman–Crippen LogP) is 3.09. The van der Waals surface area contributed by atoms with Crippen LogP contribution in [0.5, 0.6) is 5.75 Å². The van der Waals surface area contributed by atoms with Crippen LogP contribution in [0.25, 0.3) is 10.9 Å². The van der Waals surface area contributed by atoms with Gasteiger partial charge in [-0.05, 0) is 31.2 Å². The second-order valence-electron chi connectivity index (χ2n) is 4.82. The van der Waals surface area contributed by atoms with Gasteiger partial charge in [0, 0.05) is 29.9 Å². The first kappa shape index (κ1) is 13.7. The van der Waals surface area contributed by atoms with Crippen molar-refractivity contribution in [1.82, 2.24) is 14.8 Å². The monoisotopic (exact) mass is 302 g/mol. The third-order valence-corrected chi connectivity index (χ3v) is 3.88. The van der Waals surface area contributed by atoms with Gasteiger partial charge in [0.15, 0.2) is 0 Å². The zero-order chi connectivity index (χ0) is 15.0. The van der Waals surface area contributed by atoms with Gasteiger partial charge >= 0.3 is 0 Å². The van der Waals surface area contributed by atoms with E-state index in [1.54, 1.807) is 17.9 Å². The van der Waals surface area contributed by atoms with Gasteiger partial charge < -0.3 is 10.5 Å². The van der Waals surface area contributed by atoms with Gasteiger partial charge in [0.1, 0.15) is 23.0 Å². The fourth-order valence-electron chi connectivity index (χ4n) is 2.27. The second kappa shape index (κ2) is 5.26. The number of fused-ring (bicyclic) bond motifs is 1. The van der Waals surface area contributed by atoms with Gasteiger partial charge in [0.25, 0.3) is 0 Å². The third-order valence-electron chi connectivity index (χ3n) is 3.41. The normalized spacial score (nSPS) is 11.0. The highest BCUT2D eigenvalue weighted by Crippen LogP contribution is 2.29. The number of halogens is 1. The molecule has 3 rings (SSSR count). The number of pyridine rings is 1. The lowest BCUT2D eigenvalue weighted by molar-refractivity contribution is 0.308. The summed E-state index contributed by atoms with van der Waals surface area (Å²) in [6, 6.07) is 7.42. The second-order valence-corrected chi connectivity index (χ2v) is 5.18. The van der Waals surface area contributed by atoms with Crippen molar-refractivity contribution in [1.29, 1.82) is 0 Å². The Bertz CT molecular complexity index is 813. The molecule has 2 aromatic heterocycles. The Morgan fingerprint density at radius 3 is 2.86 bits per heavy atom. The zero-order valence-corrected chi connectivity index (χ0v) is 12.6. The summed E-state index contributed by atoms with van der Waals surface area (Å²) in [6.07, 6.45) is 1.72. The molecule has 0 spiro atoms. The third kappa shape index (κ3) is 2.40. The predicted molar refractivity (Wildman–Crippen MR) is 83.4 cm³/mol. The smallest absolute Gasteiger partial charge is 0.146 e. The maximum Gasteiger partial charge on any atom is 0.146 e. The highest BCUT2D eigenvalue weighted by Gasteiger charge is 2.13. The number of rotatable bonds is 3. The molecule has 0 amide bonds. The Morgan fingerprint density at radius 1 is 1.33 bits per heavy atom. The molecule has 21 heavy (non-hydrogen) atoms. The van der Waals surface area contributed by atoms with Crippen molar-refractivity contribution in [3.8, 4) is 5.75 Å². The van der Waals surface area contributed by atoms with Crippen LogP contribution in [0, 0.1) is 6.92 Å². The Balaban J connectivity index is 1.94. The van der Waals surface area contributed by atoms with Crippen molar-refractivity contribution in [2.75, 3.05) is 5.73 Å². The number of benzene rings is 1. The van der Waals surface area contributed by atoms with Crippen molar-refractivity contribution in [3.05, 3.63) is 46.9 Å². The van der Waals surface area contributed by atoms with Crippen LogP contribution in [0.2, 0.25) is 5.15 Å². The number of anilines is 1. The van der Waals surface area contributed by atoms with Gasteiger partial charge in [-0.15, -0.1) is 0 Å². The van der Waals surface area contributed by atoms with E-state index in [0.717, 1.165) is 22.2 Å². The van der Waals surface area contributed by atoms with Gasteiger partial charge in [-0.1, -0.05) is 11.6 Å². The zero-order valence-electron chi connectivity index (χ0n) is 11.8. The SMILES string of the molecule is Cc1nn(C)c(Cl)c1COc1ccc(N)c2cccnc12. The summed E-state index contributed by atoms with van der Waals surface area (Å²) in [4.78, 5) is 4.35. The van der Waals surface area contributed by atoms with E-state index in [1.165, 1.54) is 0 Å². The first-order chi connectivity index (χ1) is 10.1. The van der Waals surface area contributed by atoms with Gasteiger partial charge in [-0.2, -0.15) is 5.10 Å². The maximum atomic E-state index is 6.21. The van der Waals surface area contributed by atoms with E-state index in [2.05, 4.69) is 10.1 Å². The van der Waals surface area contributed by atoms with Crippen molar-refractivity contribution in [3.63, 3.8) is 0 Å². The van der Waals surface area contributed by atoms with E-state index < -0.39 is 0 Å². The van der Waals surface area contributed by atoms with E-state index >= 15 is 0 Å². The average molecular weight is 303 g/mol. The van der Waals surface area contributed by atoms with Gasteiger partial charge in [0.05, 0.1) is 5.69 Å². The van der Waals surface area contributed by atoms with Crippen LogP contribution in [0.3, 0.4) is 0 Å². The van der Waals surface area contributed by atoms with Crippen LogP contribution >= 0.6 is 11.6 Å². The van der Waals surface area contributed by atoms with Crippen LogP contribution in [0.4, 0.5) is 5.69 Å². The maximum absolute atomic E-state index is 6.21. The van der Waals surface area contributed by atoms with Crippen LogP contribution in [-0.4, -0.2) is 14.8 Å². The number of hydrogen-bond acceptors (Lipinski definition) is 4. The summed E-state index contributed by atoms with van der Waals surface area (Å²) in [6.45, 7) is 2.25. The molecule has 0 saturated carbocycles. The first-order valence-corrected chi connectivity index (χ1v) is 6.89. The van der Waals surface area contributed by atoms with E-state index in [9.17, 15) is 0 Å². The van der Waals surface area contributed by atoms with Crippen LogP contribution in [-0.2, 0) is 13.7 Å². The fraction of sp³-hybridized carbons (Fsp3) is 0.200. The van der Waals surface area contributed by atoms with Crippen molar-refractivity contribution in [2.24, 2.45) is 7.05 Å². The number of nitrogens with two attached hydrogens (primary N) is 1. The summed E-state index contributed by atoms with van der Waals surface area (Å²) in [7, 11) is 1.80. The lowest BCUT2D eigenvalue weighted by atomic mass is 10.1. The van der Waals surface area contributed by atoms with Crippen LogP contribution in [0.1, 0.15) is 11.3 Å². The molecule has 0 unspecified atom stereocenters. The van der Waals surface area contributed by atoms with E-state index in [4.69, 9.17) is 22.1 Å². The highest BCUT2D eigenvalue weighted by atomic mass is 35.5. The van der Waals surface area contributed by atoms with Gasteiger partial charge in [-0.3, -0.25) is 9.67 Å². The number of nitrogens with zero attached hydrogens (tertiary/aromatic N) is 3. The van der Waals surface area contributed by atoms with E-state index in [0.29, 0.717) is 23.2 Å². The highest BCUT2D eigenvalue weighted by molar-refractivity contribution is 6.30. The Labute approximate surface area is 127 Å². The number of aromatic nitrogens is 3. The number of aryl methyl sites for hydroxylation is 2. The molecule has 1 aromatic carbocycles. The number of ether oxygens (including phenoxy) is 1. The number of nitrogen functional groups attached to an aromatic ring is 1. The van der Waals surface area contributed by atoms with Gasteiger partial charge in [-0.25, -0.2) is 0 Å². The van der Waals surface area contributed by atoms with E-state index in [-0.39, 0.29) is 0 Å². The molecule has 2 N–H and O–H groups in total. The summed E-state index contributed by atoms with van der Waals surface area (Å²) in [5.41, 5.74) is 9.11. The van der Waals surface area contributed by atoms with Crippen molar-refractivity contribution >= 4 is 28.2 Å². The summed E-state index contributed by atoms with van der Waals surface area (Å²) >= 11 is 6.21. The molecule has 0 fully saturated rings. The molecular formula is C15H15ClN4O. The Morgan fingerprint density at radius 2 is 2.14 bits per heavy atom. The average Bonchev–Trinajstić information content (AvgIpc) is 2.72. The molecule has 0 atom stereocenters. The molecule has 0 aliphatic rings. The molecule has 2 heterocycles. The largest absolute Gasteiger partial charge is 0.486 e. The molecule has 0 aliphatic heterocycles. The van der Waals surface area contributed by atoms with Crippen molar-refractivity contribution in [2.45, 2.75) is 13.5 Å². The topological polar surface area (TPSA) is 66.0 Å². The minimum Gasteiger partial charge on any atom is -0.486 e. The summed E-state index contributed by atoms with van der Waals surface area (Å²) < 4.78 is 7.51. The summed E-state index contributed by atoms with van der Waals surface area (Å²) in [5.74, 6) is 0.680. The quantitative estimate of drug-likeness (QED) is 0.755. The van der Waals surface area contributed by atoms with Crippen molar-refractivity contribution < 1.29 is 4.74 Å². The minimum atomic E-state index is 0.341. The Kier molecular flexibility index (Phi) is 3.43. The molecule has 6 heteroatoms. The lowest BCUT2D eigenvalue weighted by Gasteiger charge is -2.10. The fourth-order valence-corrected chi connectivity index (χ4v) is 2.50. The standard InChI is InChI=1S/C15H15ClN4O/c1-9-11(15(16)20(2)19-9)8-21-13-6-5-12(17)10-4-3-7-18-14(10)13/h3-7H,8,17H2,1-2H3. The van der Waals surface area contributed by atoms with Crippen LogP contribution in [0.15, 0.2) is 30.5 Å². The molecule has 3 aromatic rings. The van der Waals surface area contributed by atoms with E-state index in [1.807, 2.05) is 31.2 Å². The molecule has 0 aliphatic carbocycles. The van der Waals surface area contributed by atoms with Crippen LogP contribution < -0.4 is 10.5 Å². The Hall–Kier alpha value is -2.27. The summed E-state index contributed by atoms with van der Waals surface area (Å²) in [5, 5.41) is 5.73. The lowest BCUT2D eigenvalue weighted by Crippen LogP contribution is -1.99. The molecule has 0 saturated heterocycles. The first-order valence-electron chi connectivity index (χ1n) is 6.52. The number of hydrogen-bond donors (Lipinski definition) is 1. The molecule has 5 nitrogen and oxygen atoms in total.